The molecule has 1 aliphatic heterocycles. The molecule has 0 radical (unpaired) electrons. The van der Waals surface area contributed by atoms with Crippen molar-refractivity contribution in [1.82, 2.24) is 0 Å². The molecule has 0 amide bonds. The van der Waals surface area contributed by atoms with Crippen molar-refractivity contribution < 1.29 is 4.74 Å². The molecule has 2 N–H and O–H groups in total. The fourth-order valence-corrected chi connectivity index (χ4v) is 3.86. The molecule has 1 aromatic rings. The third-order valence-electron chi connectivity index (χ3n) is 5.06. The van der Waals surface area contributed by atoms with E-state index in [0.29, 0.717) is 0 Å². The number of nitrogens with two attached hydrogens (primary N) is 1. The summed E-state index contributed by atoms with van der Waals surface area (Å²) in [4.78, 5) is 0. The van der Waals surface area contributed by atoms with Gasteiger partial charge in [-0.25, -0.2) is 0 Å². The van der Waals surface area contributed by atoms with Gasteiger partial charge in [-0.1, -0.05) is 18.6 Å². The van der Waals surface area contributed by atoms with Crippen molar-refractivity contribution in [2.45, 2.75) is 70.4 Å². The highest BCUT2D eigenvalue weighted by atomic mass is 16.5. The van der Waals surface area contributed by atoms with Crippen molar-refractivity contribution in [3.05, 3.63) is 28.8 Å². The molecule has 0 saturated heterocycles. The second kappa shape index (κ2) is 4.24. The van der Waals surface area contributed by atoms with E-state index in [0.717, 1.165) is 25.0 Å². The van der Waals surface area contributed by atoms with E-state index in [1.165, 1.54) is 36.0 Å². The Morgan fingerprint density at radius 2 is 1.79 bits per heavy atom. The molecular weight excluding hydrogens is 234 g/mol. The lowest BCUT2D eigenvalue weighted by Crippen LogP contribution is -2.52. The molecule has 2 aliphatic rings. The summed E-state index contributed by atoms with van der Waals surface area (Å²) < 4.78 is 6.53. The maximum atomic E-state index is 6.63. The van der Waals surface area contributed by atoms with Gasteiger partial charge in [0.05, 0.1) is 0 Å². The van der Waals surface area contributed by atoms with Crippen molar-refractivity contribution in [1.29, 1.82) is 0 Å². The minimum Gasteiger partial charge on any atom is -0.487 e. The molecule has 1 atom stereocenters. The summed E-state index contributed by atoms with van der Waals surface area (Å²) in [6, 6.07) is 4.33. The van der Waals surface area contributed by atoms with E-state index in [9.17, 15) is 0 Å². The summed E-state index contributed by atoms with van der Waals surface area (Å²) in [5.74, 6) is 1.07. The van der Waals surface area contributed by atoms with Crippen LogP contribution in [0.1, 0.15) is 62.1 Å². The van der Waals surface area contributed by atoms with Crippen LogP contribution in [0.15, 0.2) is 12.1 Å². The number of hydrogen-bond acceptors (Lipinski definition) is 2. The Bertz CT molecular complexity index is 498. The van der Waals surface area contributed by atoms with E-state index in [2.05, 4.69) is 32.9 Å². The molecule has 1 saturated carbocycles. The fraction of sp³-hybridized carbons (Fsp3) is 0.647. The lowest BCUT2D eigenvalue weighted by atomic mass is 9.71. The lowest BCUT2D eigenvalue weighted by Gasteiger charge is -2.48. The van der Waals surface area contributed by atoms with Gasteiger partial charge in [-0.3, -0.25) is 0 Å². The smallest absolute Gasteiger partial charge is 0.128 e. The standard InChI is InChI=1S/C17H25NO/c1-12-7-8-14-15(13(12)2)19-17(11-16(14,3)18)9-5-4-6-10-17/h7-8H,4-6,9-11,18H2,1-3H3. The van der Waals surface area contributed by atoms with E-state index < -0.39 is 0 Å². The summed E-state index contributed by atoms with van der Waals surface area (Å²) in [7, 11) is 0. The maximum absolute atomic E-state index is 6.63. The molecular formula is C17H25NO. The Labute approximate surface area is 116 Å². The van der Waals surface area contributed by atoms with Crippen LogP contribution in [0.4, 0.5) is 0 Å². The predicted octanol–water partition coefficient (Wildman–Crippen LogP) is 3.96. The number of benzene rings is 1. The third kappa shape index (κ3) is 2.06. The van der Waals surface area contributed by atoms with Gasteiger partial charge in [0.1, 0.15) is 11.4 Å². The van der Waals surface area contributed by atoms with Crippen molar-refractivity contribution >= 4 is 0 Å². The van der Waals surface area contributed by atoms with Crippen LogP contribution < -0.4 is 10.5 Å². The zero-order valence-electron chi connectivity index (χ0n) is 12.4. The summed E-state index contributed by atoms with van der Waals surface area (Å²) in [5, 5.41) is 0. The molecule has 1 spiro atoms. The first-order valence-electron chi connectivity index (χ1n) is 7.52. The zero-order valence-corrected chi connectivity index (χ0v) is 12.4. The van der Waals surface area contributed by atoms with Crippen LogP contribution in [0.2, 0.25) is 0 Å². The summed E-state index contributed by atoms with van der Waals surface area (Å²) >= 11 is 0. The van der Waals surface area contributed by atoms with Crippen LogP contribution in [0, 0.1) is 13.8 Å². The Kier molecular flexibility index (Phi) is 2.90. The maximum Gasteiger partial charge on any atom is 0.128 e. The topological polar surface area (TPSA) is 35.2 Å². The quantitative estimate of drug-likeness (QED) is 0.765. The normalized spacial score (nSPS) is 28.8. The first-order valence-corrected chi connectivity index (χ1v) is 7.52. The second-order valence-electron chi connectivity index (χ2n) is 6.82. The highest BCUT2D eigenvalue weighted by Gasteiger charge is 2.46. The molecule has 2 heteroatoms. The number of ether oxygens (including phenoxy) is 1. The highest BCUT2D eigenvalue weighted by Crippen LogP contribution is 2.49. The van der Waals surface area contributed by atoms with E-state index in [4.69, 9.17) is 10.5 Å². The summed E-state index contributed by atoms with van der Waals surface area (Å²) in [5.41, 5.74) is 10.1. The molecule has 19 heavy (non-hydrogen) atoms. The first-order chi connectivity index (χ1) is 8.94. The van der Waals surface area contributed by atoms with Crippen molar-refractivity contribution in [3.63, 3.8) is 0 Å². The largest absolute Gasteiger partial charge is 0.487 e. The molecule has 104 valence electrons. The average Bonchev–Trinajstić information content (AvgIpc) is 2.34. The van der Waals surface area contributed by atoms with E-state index in [-0.39, 0.29) is 11.1 Å². The van der Waals surface area contributed by atoms with Crippen LogP contribution in [0.25, 0.3) is 0 Å². The predicted molar refractivity (Wildman–Crippen MR) is 78.5 cm³/mol. The van der Waals surface area contributed by atoms with Gasteiger partial charge in [-0.2, -0.15) is 0 Å². The molecule has 1 fully saturated rings. The Morgan fingerprint density at radius 3 is 2.47 bits per heavy atom. The van der Waals surface area contributed by atoms with Crippen LogP contribution in [-0.4, -0.2) is 5.60 Å². The van der Waals surface area contributed by atoms with Crippen molar-refractivity contribution in [3.8, 4) is 5.75 Å². The molecule has 1 aromatic carbocycles. The second-order valence-corrected chi connectivity index (χ2v) is 6.82. The Morgan fingerprint density at radius 1 is 1.11 bits per heavy atom. The molecule has 1 heterocycles. The molecule has 3 rings (SSSR count). The average molecular weight is 259 g/mol. The van der Waals surface area contributed by atoms with Gasteiger partial charge in [0, 0.05) is 17.5 Å². The van der Waals surface area contributed by atoms with Crippen LogP contribution in [0.3, 0.4) is 0 Å². The van der Waals surface area contributed by atoms with E-state index >= 15 is 0 Å². The first kappa shape index (κ1) is 13.0. The van der Waals surface area contributed by atoms with Gasteiger partial charge < -0.3 is 10.5 Å². The SMILES string of the molecule is Cc1ccc2c(c1C)OC1(CCCCC1)CC2(C)N. The summed E-state index contributed by atoms with van der Waals surface area (Å²) in [6.45, 7) is 6.47. The Hall–Kier alpha value is -1.02. The van der Waals surface area contributed by atoms with Crippen LogP contribution in [0.5, 0.6) is 5.75 Å². The minimum absolute atomic E-state index is 0.00664. The summed E-state index contributed by atoms with van der Waals surface area (Å²) in [6.07, 6.45) is 7.16. The lowest BCUT2D eigenvalue weighted by molar-refractivity contribution is -0.0153. The molecule has 1 unspecified atom stereocenters. The van der Waals surface area contributed by atoms with E-state index in [1.54, 1.807) is 0 Å². The van der Waals surface area contributed by atoms with Gasteiger partial charge in [0.15, 0.2) is 0 Å². The van der Waals surface area contributed by atoms with Gasteiger partial charge in [0.2, 0.25) is 0 Å². The number of fused-ring (bicyclic) bond motifs is 1. The fourth-order valence-electron chi connectivity index (χ4n) is 3.86. The van der Waals surface area contributed by atoms with Crippen molar-refractivity contribution in [2.75, 3.05) is 0 Å². The highest BCUT2D eigenvalue weighted by molar-refractivity contribution is 5.50. The zero-order chi connectivity index (χ0) is 13.7. The molecule has 1 aliphatic carbocycles. The Balaban J connectivity index is 2.09. The van der Waals surface area contributed by atoms with Gasteiger partial charge in [0.25, 0.3) is 0 Å². The molecule has 0 bridgehead atoms. The number of aryl methyl sites for hydroxylation is 1. The molecule has 2 nitrogen and oxygen atoms in total. The van der Waals surface area contributed by atoms with Gasteiger partial charge >= 0.3 is 0 Å². The monoisotopic (exact) mass is 259 g/mol. The minimum atomic E-state index is -0.261. The van der Waals surface area contributed by atoms with Crippen molar-refractivity contribution in [2.24, 2.45) is 5.73 Å². The third-order valence-corrected chi connectivity index (χ3v) is 5.06. The van der Waals surface area contributed by atoms with Crippen LogP contribution >= 0.6 is 0 Å². The van der Waals surface area contributed by atoms with Gasteiger partial charge in [-0.05, 0) is 57.6 Å². The number of rotatable bonds is 0. The number of hydrogen-bond donors (Lipinski definition) is 1. The molecule has 0 aromatic heterocycles. The van der Waals surface area contributed by atoms with Gasteiger partial charge in [-0.15, -0.1) is 0 Å². The van der Waals surface area contributed by atoms with E-state index in [1.807, 2.05) is 0 Å². The van der Waals surface area contributed by atoms with Crippen LogP contribution in [-0.2, 0) is 5.54 Å².